The van der Waals surface area contributed by atoms with E-state index in [0.717, 1.165) is 25.6 Å². The number of halogens is 1. The van der Waals surface area contributed by atoms with Crippen LogP contribution in [0.1, 0.15) is 32.1 Å². The Morgan fingerprint density at radius 3 is 2.83 bits per heavy atom. The predicted octanol–water partition coefficient (Wildman–Crippen LogP) is 2.62. The third-order valence-electron chi connectivity index (χ3n) is 5.06. The zero-order valence-electron chi connectivity index (χ0n) is 13.6. The lowest BCUT2D eigenvalue weighted by Crippen LogP contribution is -2.41. The number of amides is 1. The number of carbonyl (C=O) groups excluding carboxylic acids is 1. The van der Waals surface area contributed by atoms with Crippen molar-refractivity contribution in [2.24, 2.45) is 5.92 Å². The summed E-state index contributed by atoms with van der Waals surface area (Å²) in [5, 5.41) is 6.37. The maximum absolute atomic E-state index is 13.1. The highest BCUT2D eigenvalue weighted by atomic mass is 19.1. The molecule has 0 bridgehead atoms. The molecule has 5 heteroatoms. The number of nitrogens with one attached hydrogen (secondary N) is 2. The summed E-state index contributed by atoms with van der Waals surface area (Å²) >= 11 is 0. The Hall–Kier alpha value is -1.46. The van der Waals surface area contributed by atoms with E-state index in [1.54, 1.807) is 12.1 Å². The van der Waals surface area contributed by atoms with Gasteiger partial charge in [-0.2, -0.15) is 0 Å². The monoisotopic (exact) mass is 319 g/mol. The third-order valence-corrected chi connectivity index (χ3v) is 5.06. The van der Waals surface area contributed by atoms with Crippen LogP contribution in [-0.4, -0.2) is 43.0 Å². The Labute approximate surface area is 137 Å². The van der Waals surface area contributed by atoms with Gasteiger partial charge in [-0.15, -0.1) is 0 Å². The Morgan fingerprint density at radius 2 is 2.13 bits per heavy atom. The second-order valence-electron chi connectivity index (χ2n) is 6.69. The van der Waals surface area contributed by atoms with E-state index in [1.807, 2.05) is 0 Å². The van der Waals surface area contributed by atoms with Gasteiger partial charge in [-0.1, -0.05) is 6.07 Å². The number of anilines is 1. The van der Waals surface area contributed by atoms with Gasteiger partial charge in [0.25, 0.3) is 0 Å². The van der Waals surface area contributed by atoms with Crippen LogP contribution in [0, 0.1) is 11.7 Å². The first-order chi connectivity index (χ1) is 11.2. The van der Waals surface area contributed by atoms with Gasteiger partial charge in [-0.05, 0) is 69.4 Å². The molecule has 0 spiro atoms. The molecule has 1 unspecified atom stereocenters. The van der Waals surface area contributed by atoms with E-state index in [2.05, 4.69) is 15.5 Å². The normalized spacial score (nSPS) is 23.1. The summed E-state index contributed by atoms with van der Waals surface area (Å²) < 4.78 is 13.1. The molecule has 2 aliphatic heterocycles. The molecule has 2 saturated heterocycles. The van der Waals surface area contributed by atoms with E-state index in [0.29, 0.717) is 18.2 Å². The number of nitrogens with zero attached hydrogens (tertiary/aromatic N) is 1. The van der Waals surface area contributed by atoms with Gasteiger partial charge in [0.05, 0.1) is 0 Å². The van der Waals surface area contributed by atoms with Gasteiger partial charge in [0, 0.05) is 24.7 Å². The molecule has 1 aromatic rings. The molecule has 3 rings (SSSR count). The van der Waals surface area contributed by atoms with Crippen molar-refractivity contribution in [3.63, 3.8) is 0 Å². The van der Waals surface area contributed by atoms with Gasteiger partial charge in [0.1, 0.15) is 5.82 Å². The van der Waals surface area contributed by atoms with Crippen LogP contribution in [0.4, 0.5) is 10.1 Å². The van der Waals surface area contributed by atoms with Crippen molar-refractivity contribution in [3.05, 3.63) is 30.1 Å². The fourth-order valence-corrected chi connectivity index (χ4v) is 3.74. The summed E-state index contributed by atoms with van der Waals surface area (Å²) in [6, 6.07) is 6.75. The molecule has 23 heavy (non-hydrogen) atoms. The van der Waals surface area contributed by atoms with Crippen LogP contribution < -0.4 is 10.6 Å². The fraction of sp³-hybridized carbons (Fsp3) is 0.611. The lowest BCUT2D eigenvalue weighted by atomic mass is 9.88. The molecule has 2 fully saturated rings. The maximum Gasteiger partial charge on any atom is 0.225 e. The molecule has 1 atom stereocenters. The molecule has 1 aromatic carbocycles. The summed E-state index contributed by atoms with van der Waals surface area (Å²) in [5.74, 6) is 0.426. The predicted molar refractivity (Wildman–Crippen MR) is 89.8 cm³/mol. The third kappa shape index (κ3) is 4.75. The van der Waals surface area contributed by atoms with Crippen molar-refractivity contribution < 1.29 is 9.18 Å². The van der Waals surface area contributed by atoms with Crippen molar-refractivity contribution in [1.29, 1.82) is 0 Å². The van der Waals surface area contributed by atoms with Crippen LogP contribution in [0.15, 0.2) is 24.3 Å². The van der Waals surface area contributed by atoms with Crippen molar-refractivity contribution in [3.8, 4) is 0 Å². The zero-order chi connectivity index (χ0) is 16.1. The molecule has 0 saturated carbocycles. The number of hydrogen-bond acceptors (Lipinski definition) is 3. The average molecular weight is 319 g/mol. The standard InChI is InChI=1S/C18H26FN3O/c19-15-3-1-4-16(13-15)21-18(23)8-12-22-10-6-14(7-11-22)17-5-2-9-20-17/h1,3-4,13-14,17,20H,2,5-12H2,(H,21,23). The molecule has 2 heterocycles. The molecule has 2 aliphatic rings. The second kappa shape index (κ2) is 7.88. The summed E-state index contributed by atoms with van der Waals surface area (Å²) in [6.45, 7) is 4.11. The molecule has 0 aliphatic carbocycles. The maximum atomic E-state index is 13.1. The van der Waals surface area contributed by atoms with Crippen LogP contribution in [0.2, 0.25) is 0 Å². The van der Waals surface area contributed by atoms with Crippen molar-refractivity contribution in [2.45, 2.75) is 38.1 Å². The lowest BCUT2D eigenvalue weighted by molar-refractivity contribution is -0.116. The largest absolute Gasteiger partial charge is 0.326 e. The van der Waals surface area contributed by atoms with Gasteiger partial charge < -0.3 is 15.5 Å². The minimum Gasteiger partial charge on any atom is -0.326 e. The van der Waals surface area contributed by atoms with Crippen LogP contribution >= 0.6 is 0 Å². The number of piperidine rings is 1. The Morgan fingerprint density at radius 1 is 1.30 bits per heavy atom. The lowest BCUT2D eigenvalue weighted by Gasteiger charge is -2.34. The molecular weight excluding hydrogens is 293 g/mol. The van der Waals surface area contributed by atoms with Crippen LogP contribution in [-0.2, 0) is 4.79 Å². The van der Waals surface area contributed by atoms with Crippen LogP contribution in [0.3, 0.4) is 0 Å². The number of hydrogen-bond donors (Lipinski definition) is 2. The molecule has 126 valence electrons. The summed E-state index contributed by atoms with van der Waals surface area (Å²) in [4.78, 5) is 14.3. The van der Waals surface area contributed by atoms with Gasteiger partial charge in [0.2, 0.25) is 5.91 Å². The number of carbonyl (C=O) groups is 1. The Kier molecular flexibility index (Phi) is 5.62. The van der Waals surface area contributed by atoms with Gasteiger partial charge in [0.15, 0.2) is 0 Å². The van der Waals surface area contributed by atoms with E-state index in [9.17, 15) is 9.18 Å². The SMILES string of the molecule is O=C(CCN1CCC(C2CCCN2)CC1)Nc1cccc(F)c1. The van der Waals surface area contributed by atoms with Crippen LogP contribution in [0.25, 0.3) is 0 Å². The molecule has 0 radical (unpaired) electrons. The second-order valence-corrected chi connectivity index (χ2v) is 6.69. The van der Waals surface area contributed by atoms with Crippen molar-refractivity contribution in [2.75, 3.05) is 31.5 Å². The highest BCUT2D eigenvalue weighted by molar-refractivity contribution is 5.90. The molecule has 2 N–H and O–H groups in total. The number of rotatable bonds is 5. The quantitative estimate of drug-likeness (QED) is 0.877. The minimum absolute atomic E-state index is 0.0461. The molecule has 1 amide bonds. The van der Waals surface area contributed by atoms with Crippen molar-refractivity contribution in [1.82, 2.24) is 10.2 Å². The van der Waals surface area contributed by atoms with Gasteiger partial charge in [-0.3, -0.25) is 4.79 Å². The van der Waals surface area contributed by atoms with Gasteiger partial charge >= 0.3 is 0 Å². The van der Waals surface area contributed by atoms with E-state index in [-0.39, 0.29) is 11.7 Å². The first kappa shape index (κ1) is 16.4. The summed E-state index contributed by atoms with van der Waals surface area (Å²) in [5.41, 5.74) is 0.529. The van der Waals surface area contributed by atoms with Crippen molar-refractivity contribution >= 4 is 11.6 Å². The van der Waals surface area contributed by atoms with Gasteiger partial charge in [-0.25, -0.2) is 4.39 Å². The fourth-order valence-electron chi connectivity index (χ4n) is 3.74. The molecular formula is C18H26FN3O. The topological polar surface area (TPSA) is 44.4 Å². The number of benzene rings is 1. The molecule has 0 aromatic heterocycles. The number of likely N-dealkylation sites (tertiary alicyclic amines) is 1. The van der Waals surface area contributed by atoms with E-state index in [4.69, 9.17) is 0 Å². The average Bonchev–Trinajstić information content (AvgIpc) is 3.08. The first-order valence-corrected chi connectivity index (χ1v) is 8.72. The van der Waals surface area contributed by atoms with Crippen LogP contribution in [0.5, 0.6) is 0 Å². The zero-order valence-corrected chi connectivity index (χ0v) is 13.6. The highest BCUT2D eigenvalue weighted by Crippen LogP contribution is 2.25. The smallest absolute Gasteiger partial charge is 0.225 e. The van der Waals surface area contributed by atoms with E-state index >= 15 is 0 Å². The minimum atomic E-state index is -0.328. The highest BCUT2D eigenvalue weighted by Gasteiger charge is 2.28. The van der Waals surface area contributed by atoms with E-state index < -0.39 is 0 Å². The summed E-state index contributed by atoms with van der Waals surface area (Å²) in [7, 11) is 0. The Balaban J connectivity index is 1.36. The summed E-state index contributed by atoms with van der Waals surface area (Å²) in [6.07, 6.45) is 5.54. The first-order valence-electron chi connectivity index (χ1n) is 8.72. The Bertz CT molecular complexity index is 523. The molecule has 4 nitrogen and oxygen atoms in total. The van der Waals surface area contributed by atoms with E-state index in [1.165, 1.54) is 44.4 Å².